The highest BCUT2D eigenvalue weighted by molar-refractivity contribution is 5.89. The molecule has 2 aromatic rings. The van der Waals surface area contributed by atoms with Crippen LogP contribution in [0.3, 0.4) is 0 Å². The van der Waals surface area contributed by atoms with Gasteiger partial charge in [0.25, 0.3) is 0 Å². The number of nitrogens with two attached hydrogens (primary N) is 1. The number of hydrogen-bond donors (Lipinski definition) is 3. The molecule has 1 heterocycles. The lowest BCUT2D eigenvalue weighted by molar-refractivity contribution is -0.145. The Morgan fingerprint density at radius 1 is 1.35 bits per heavy atom. The Bertz CT molecular complexity index is 671. The minimum atomic E-state index is -0.724. The number of methoxy groups -OCH3 is 1. The Labute approximate surface area is 141 Å². The first-order chi connectivity index (χ1) is 10.6. The summed E-state index contributed by atoms with van der Waals surface area (Å²) in [6.45, 7) is 1.80. The van der Waals surface area contributed by atoms with Crippen LogP contribution in [-0.2, 0) is 20.7 Å². The maximum Gasteiger partial charge on any atom is 0.328 e. The molecule has 7 heteroatoms. The van der Waals surface area contributed by atoms with Crippen LogP contribution in [0.4, 0.5) is 0 Å². The van der Waals surface area contributed by atoms with Gasteiger partial charge in [-0.1, -0.05) is 25.1 Å². The van der Waals surface area contributed by atoms with E-state index in [2.05, 4.69) is 15.0 Å². The molecule has 0 radical (unpaired) electrons. The third kappa shape index (κ3) is 4.46. The van der Waals surface area contributed by atoms with Gasteiger partial charge in [0.05, 0.1) is 13.2 Å². The van der Waals surface area contributed by atoms with Crippen molar-refractivity contribution in [3.8, 4) is 0 Å². The second kappa shape index (κ2) is 8.55. The molecule has 0 aliphatic carbocycles. The number of halogens is 1. The highest BCUT2D eigenvalue weighted by Crippen LogP contribution is 2.18. The summed E-state index contributed by atoms with van der Waals surface area (Å²) in [5, 5.41) is 3.68. The molecular formula is C16H22ClN3O3. The van der Waals surface area contributed by atoms with E-state index in [-0.39, 0.29) is 18.3 Å². The molecule has 2 atom stereocenters. The molecule has 1 unspecified atom stereocenters. The largest absolute Gasteiger partial charge is 0.467 e. The van der Waals surface area contributed by atoms with Gasteiger partial charge in [0.2, 0.25) is 5.91 Å². The summed E-state index contributed by atoms with van der Waals surface area (Å²) in [6, 6.07) is 6.45. The predicted octanol–water partition coefficient (Wildman–Crippen LogP) is 1.53. The number of para-hydroxylation sites is 1. The first kappa shape index (κ1) is 19.0. The van der Waals surface area contributed by atoms with E-state index in [1.165, 1.54) is 7.11 Å². The fourth-order valence-corrected chi connectivity index (χ4v) is 2.38. The quantitative estimate of drug-likeness (QED) is 0.695. The Morgan fingerprint density at radius 3 is 2.70 bits per heavy atom. The predicted molar refractivity (Wildman–Crippen MR) is 91.5 cm³/mol. The highest BCUT2D eigenvalue weighted by atomic mass is 35.5. The van der Waals surface area contributed by atoms with Gasteiger partial charge in [-0.2, -0.15) is 0 Å². The number of fused-ring (bicyclic) bond motifs is 1. The van der Waals surface area contributed by atoms with Crippen LogP contribution < -0.4 is 11.1 Å². The van der Waals surface area contributed by atoms with Gasteiger partial charge < -0.3 is 20.8 Å². The van der Waals surface area contributed by atoms with Gasteiger partial charge in [-0.3, -0.25) is 4.79 Å². The Morgan fingerprint density at radius 2 is 2.04 bits per heavy atom. The lowest BCUT2D eigenvalue weighted by Crippen LogP contribution is -2.49. The fraction of sp³-hybridized carbons (Fsp3) is 0.375. The summed E-state index contributed by atoms with van der Waals surface area (Å²) in [5.41, 5.74) is 7.95. The summed E-state index contributed by atoms with van der Waals surface area (Å²) in [6.07, 6.45) is 2.71. The van der Waals surface area contributed by atoms with Crippen LogP contribution in [-0.4, -0.2) is 36.1 Å². The van der Waals surface area contributed by atoms with Crippen molar-refractivity contribution in [2.45, 2.75) is 31.8 Å². The summed E-state index contributed by atoms with van der Waals surface area (Å²) < 4.78 is 4.65. The number of H-pyrrole nitrogens is 1. The third-order valence-electron chi connectivity index (χ3n) is 3.66. The molecule has 0 aliphatic rings. The van der Waals surface area contributed by atoms with Crippen molar-refractivity contribution in [3.63, 3.8) is 0 Å². The third-order valence-corrected chi connectivity index (χ3v) is 3.66. The second-order valence-electron chi connectivity index (χ2n) is 5.16. The van der Waals surface area contributed by atoms with E-state index in [0.717, 1.165) is 16.5 Å². The molecule has 1 amide bonds. The van der Waals surface area contributed by atoms with Crippen LogP contribution in [0.1, 0.15) is 18.9 Å². The zero-order valence-electron chi connectivity index (χ0n) is 13.2. The molecular weight excluding hydrogens is 318 g/mol. The van der Waals surface area contributed by atoms with E-state index < -0.39 is 18.1 Å². The monoisotopic (exact) mass is 339 g/mol. The molecule has 6 nitrogen and oxygen atoms in total. The average molecular weight is 340 g/mol. The molecule has 1 aromatic carbocycles. The van der Waals surface area contributed by atoms with E-state index in [1.54, 1.807) is 6.92 Å². The lowest BCUT2D eigenvalue weighted by atomic mass is 10.0. The molecule has 126 valence electrons. The van der Waals surface area contributed by atoms with Crippen LogP contribution in [0.25, 0.3) is 10.9 Å². The van der Waals surface area contributed by atoms with E-state index >= 15 is 0 Å². The minimum absolute atomic E-state index is 0. The summed E-state index contributed by atoms with van der Waals surface area (Å²) in [7, 11) is 1.29. The summed E-state index contributed by atoms with van der Waals surface area (Å²) >= 11 is 0. The fourth-order valence-electron chi connectivity index (χ4n) is 2.38. The minimum Gasteiger partial charge on any atom is -0.467 e. The Kier molecular flexibility index (Phi) is 7.06. The average Bonchev–Trinajstić information content (AvgIpc) is 2.94. The number of ether oxygens (including phenoxy) is 1. The Hall–Kier alpha value is -2.05. The van der Waals surface area contributed by atoms with Crippen molar-refractivity contribution >= 4 is 35.2 Å². The number of amides is 1. The summed E-state index contributed by atoms with van der Waals surface area (Å²) in [4.78, 5) is 26.8. The molecule has 0 saturated carbocycles. The molecule has 1 aromatic heterocycles. The van der Waals surface area contributed by atoms with Gasteiger partial charge in [0, 0.05) is 17.1 Å². The number of benzene rings is 1. The number of carbonyl (C=O) groups is 2. The lowest BCUT2D eigenvalue weighted by Gasteiger charge is -2.17. The van der Waals surface area contributed by atoms with Gasteiger partial charge in [0.1, 0.15) is 6.04 Å². The number of hydrogen-bond acceptors (Lipinski definition) is 4. The van der Waals surface area contributed by atoms with Crippen molar-refractivity contribution in [1.29, 1.82) is 0 Å². The van der Waals surface area contributed by atoms with Gasteiger partial charge in [-0.15, -0.1) is 12.4 Å². The molecule has 0 spiro atoms. The van der Waals surface area contributed by atoms with Crippen LogP contribution in [0.5, 0.6) is 0 Å². The van der Waals surface area contributed by atoms with Crippen molar-refractivity contribution in [3.05, 3.63) is 36.0 Å². The maximum absolute atomic E-state index is 12.1. The highest BCUT2D eigenvalue weighted by Gasteiger charge is 2.23. The zero-order chi connectivity index (χ0) is 16.1. The van der Waals surface area contributed by atoms with Gasteiger partial charge in [-0.05, 0) is 24.5 Å². The SMILES string of the molecule is CCC(NC(=O)[C@@H](N)Cc1c[nH]c2ccccc12)C(=O)OC.Cl. The number of rotatable bonds is 6. The van der Waals surface area contributed by atoms with E-state index in [0.29, 0.717) is 12.8 Å². The van der Waals surface area contributed by atoms with Gasteiger partial charge >= 0.3 is 5.97 Å². The first-order valence-electron chi connectivity index (χ1n) is 7.25. The van der Waals surface area contributed by atoms with Crippen molar-refractivity contribution in [2.24, 2.45) is 5.73 Å². The van der Waals surface area contributed by atoms with Crippen molar-refractivity contribution in [1.82, 2.24) is 10.3 Å². The van der Waals surface area contributed by atoms with Crippen molar-refractivity contribution in [2.75, 3.05) is 7.11 Å². The maximum atomic E-state index is 12.1. The first-order valence-corrected chi connectivity index (χ1v) is 7.25. The van der Waals surface area contributed by atoms with E-state index in [9.17, 15) is 9.59 Å². The number of carbonyl (C=O) groups excluding carboxylic acids is 2. The van der Waals surface area contributed by atoms with E-state index in [4.69, 9.17) is 5.73 Å². The standard InChI is InChI=1S/C16H21N3O3.ClH/c1-3-13(16(21)22-2)19-15(20)12(17)8-10-9-18-14-7-5-4-6-11(10)14;/h4-7,9,12-13,18H,3,8,17H2,1-2H3,(H,19,20);1H/t12-,13?;/m0./s1. The second-order valence-corrected chi connectivity index (χ2v) is 5.16. The topological polar surface area (TPSA) is 97.2 Å². The van der Waals surface area contributed by atoms with Crippen molar-refractivity contribution < 1.29 is 14.3 Å². The zero-order valence-corrected chi connectivity index (χ0v) is 14.0. The molecule has 0 aliphatic heterocycles. The normalized spacial score (nSPS) is 13.0. The molecule has 0 fully saturated rings. The van der Waals surface area contributed by atoms with Crippen LogP contribution in [0.2, 0.25) is 0 Å². The smallest absolute Gasteiger partial charge is 0.328 e. The van der Waals surface area contributed by atoms with Crippen LogP contribution >= 0.6 is 12.4 Å². The number of esters is 1. The summed E-state index contributed by atoms with van der Waals surface area (Å²) in [5.74, 6) is -0.822. The molecule has 2 rings (SSSR count). The molecule has 4 N–H and O–H groups in total. The van der Waals surface area contributed by atoms with Crippen LogP contribution in [0, 0.1) is 0 Å². The molecule has 0 saturated heterocycles. The van der Waals surface area contributed by atoms with Gasteiger partial charge in [0.15, 0.2) is 0 Å². The number of nitrogens with one attached hydrogen (secondary N) is 2. The molecule has 0 bridgehead atoms. The van der Waals surface area contributed by atoms with Gasteiger partial charge in [-0.25, -0.2) is 4.79 Å². The molecule has 23 heavy (non-hydrogen) atoms. The number of aromatic amines is 1. The Balaban J connectivity index is 0.00000264. The number of aromatic nitrogens is 1. The van der Waals surface area contributed by atoms with Crippen LogP contribution in [0.15, 0.2) is 30.5 Å². The van der Waals surface area contributed by atoms with E-state index in [1.807, 2.05) is 30.5 Å².